The molecule has 6 atom stereocenters. The number of carbonyl (C=O) groups is 6. The van der Waals surface area contributed by atoms with Crippen LogP contribution < -0.4 is 30.7 Å². The molecular formula is C74H54Cl6F20N4O13S. The third-order valence-corrected chi connectivity index (χ3v) is 20.0. The van der Waals surface area contributed by atoms with Crippen LogP contribution in [0.2, 0.25) is 30.1 Å². The summed E-state index contributed by atoms with van der Waals surface area (Å²) in [5, 5.41) is 38.6. The van der Waals surface area contributed by atoms with E-state index in [0.717, 1.165) is 40.8 Å². The van der Waals surface area contributed by atoms with Gasteiger partial charge >= 0.3 is 66.9 Å². The van der Waals surface area contributed by atoms with Gasteiger partial charge in [-0.2, -0.15) is 79.0 Å². The van der Waals surface area contributed by atoms with E-state index in [-0.39, 0.29) is 77.4 Å². The quantitative estimate of drug-likeness (QED) is 0.0578. The van der Waals surface area contributed by atoms with Crippen molar-refractivity contribution in [1.29, 1.82) is 0 Å². The summed E-state index contributed by atoms with van der Waals surface area (Å²) in [6, 6.07) is 12.0. The minimum atomic E-state index is -4.87. The molecule has 0 spiro atoms. The number of carbonyl (C=O) groups excluding carboxylic acids is 2. The van der Waals surface area contributed by atoms with Crippen molar-refractivity contribution in [1.82, 2.24) is 0 Å². The maximum absolute atomic E-state index is 13.2. The van der Waals surface area contributed by atoms with Gasteiger partial charge in [-0.15, -0.1) is 11.8 Å². The van der Waals surface area contributed by atoms with Crippen LogP contribution >= 0.6 is 81.4 Å². The Morgan fingerprint density at radius 2 is 0.932 bits per heavy atom. The molecule has 1 amide bonds. The molecule has 0 saturated carbocycles. The zero-order valence-corrected chi connectivity index (χ0v) is 65.3. The van der Waals surface area contributed by atoms with Crippen molar-refractivity contribution < 1.29 is 151 Å². The summed E-state index contributed by atoms with van der Waals surface area (Å²) < 4.78 is 272. The largest absolute Gasteiger partial charge is 0.478 e. The van der Waals surface area contributed by atoms with Crippen LogP contribution in [0.5, 0.6) is 11.5 Å². The number of ether oxygens (including phenoxy) is 3. The van der Waals surface area contributed by atoms with Gasteiger partial charge in [0.1, 0.15) is 16.7 Å². The van der Waals surface area contributed by atoms with E-state index in [9.17, 15) is 117 Å². The number of likely N-dealkylation sites (N-methyl/N-ethyl adjacent to an activating group) is 1. The summed E-state index contributed by atoms with van der Waals surface area (Å²) >= 11 is 35.5. The number of thioether (sulfide) groups is 1. The van der Waals surface area contributed by atoms with Crippen LogP contribution in [0.3, 0.4) is 0 Å². The lowest BCUT2D eigenvalue weighted by atomic mass is 9.86. The Morgan fingerprint density at radius 3 is 1.42 bits per heavy atom. The number of amides is 1. The topological polar surface area (TPSA) is 264 Å². The molecule has 0 aliphatic carbocycles. The van der Waals surface area contributed by atoms with Crippen LogP contribution in [0.15, 0.2) is 123 Å². The number of anilines is 3. The van der Waals surface area contributed by atoms with Crippen molar-refractivity contribution in [3.05, 3.63) is 205 Å². The summed E-state index contributed by atoms with van der Waals surface area (Å²) in [5.74, 6) is -11.8. The first-order chi connectivity index (χ1) is 54.1. The molecule has 6 aliphatic heterocycles. The molecule has 0 bridgehead atoms. The number of alkyl halides is 18. The summed E-state index contributed by atoms with van der Waals surface area (Å²) in [7, 11) is 1.21. The van der Waals surface area contributed by atoms with Gasteiger partial charge in [-0.05, 0) is 150 Å². The number of nitrogens with two attached hydrogens (primary N) is 1. The second-order valence-corrected chi connectivity index (χ2v) is 29.8. The minimum Gasteiger partial charge on any atom is -0.478 e. The number of nitrogens with zero attached hydrogens (tertiary/aromatic N) is 1. The highest BCUT2D eigenvalue weighted by molar-refractivity contribution is 8.00. The molecular weight excluding hydrogens is 1780 g/mol. The van der Waals surface area contributed by atoms with Crippen molar-refractivity contribution in [2.75, 3.05) is 29.2 Å². The van der Waals surface area contributed by atoms with E-state index in [4.69, 9.17) is 105 Å². The molecule has 44 heteroatoms. The lowest BCUT2D eigenvalue weighted by molar-refractivity contribution is -0.187. The van der Waals surface area contributed by atoms with E-state index >= 15 is 0 Å². The Labute approximate surface area is 686 Å². The van der Waals surface area contributed by atoms with Crippen LogP contribution in [0.4, 0.5) is 105 Å². The van der Waals surface area contributed by atoms with Crippen LogP contribution in [0, 0.1) is 18.6 Å². The van der Waals surface area contributed by atoms with Crippen LogP contribution in [-0.4, -0.2) is 142 Å². The molecule has 5 unspecified atom stereocenters. The van der Waals surface area contributed by atoms with Gasteiger partial charge in [0, 0.05) is 71.9 Å². The van der Waals surface area contributed by atoms with E-state index in [1.165, 1.54) is 68.6 Å². The Bertz CT molecular complexity index is 5170. The third kappa shape index (κ3) is 23.0. The van der Waals surface area contributed by atoms with E-state index in [1.54, 1.807) is 25.1 Å². The first-order valence-electron chi connectivity index (χ1n) is 32.6. The maximum Gasteiger partial charge on any atom is 0.430 e. The number of esters is 1. The molecule has 12 rings (SSSR count). The molecule has 0 saturated heterocycles. The van der Waals surface area contributed by atoms with Gasteiger partial charge < -0.3 is 55.9 Å². The maximum atomic E-state index is 13.2. The standard InChI is InChI=1S/C15H15F3O2S.C14H11Cl2F3O3.C12H9ClF3NO2.C11H6Cl2F3NO2.C11H7ClF3NO2.C11H6F5NO2/c1-14(2,3)9-4-5-11-8(6-9)7-10(13(19)20)12(21-11)15(16,17)18;1-3-21-13(20)8-4-7-5-9(15)6(2)10(16)11(7)22-12(8)14(17,18)19;1-17-9-3-2-7(13)4-6(9)5-8(11(18)19)10(17)12(14,15)16;12-5-1-4-2-6(10(17)18)9(11(14,15)16)19-8(4)7(13)3-5;12-6-1-2-8-5(3-6)4-7(10(17)18)9(16-8)11(13,14)15;12-6-2-4-1-5(10(18)19)9(11(14,15)16)17-8(4)3-7(6)13/h4-7,12H,1-3H3,(H,19,20);4-5,12H,3H2,1-2H3;2-5,10H,1H3,(H,18,19);1-3,9H,(H2,17,18);1-4,9,16H,(H,17,18);1-3,9,17H,(H,18,19)/t;;;9-;;/m...0../s1. The average Bonchev–Trinajstić information content (AvgIpc) is 0.778. The second kappa shape index (κ2) is 36.5. The molecule has 6 heterocycles. The monoisotopic (exact) mass is 1830 g/mol. The van der Waals surface area contributed by atoms with E-state index in [0.29, 0.717) is 67.2 Å². The van der Waals surface area contributed by atoms with Crippen molar-refractivity contribution >= 4 is 171 Å². The zero-order valence-electron chi connectivity index (χ0n) is 59.9. The molecule has 636 valence electrons. The number of fused-ring (bicyclic) bond motifs is 6. The molecule has 6 aliphatic rings. The number of halogens is 26. The second-order valence-electron chi connectivity index (χ2n) is 26.1. The predicted octanol–water partition coefficient (Wildman–Crippen LogP) is 21.4. The molecule has 0 radical (unpaired) electrons. The lowest BCUT2D eigenvalue weighted by Crippen LogP contribution is -2.48. The predicted molar refractivity (Wildman–Crippen MR) is 398 cm³/mol. The van der Waals surface area contributed by atoms with Gasteiger partial charge in [0.2, 0.25) is 18.1 Å². The summed E-state index contributed by atoms with van der Waals surface area (Å²) in [4.78, 5) is 68.0. The molecule has 118 heavy (non-hydrogen) atoms. The van der Waals surface area contributed by atoms with Crippen LogP contribution in [0.25, 0.3) is 36.5 Å². The van der Waals surface area contributed by atoms with Crippen LogP contribution in [-0.2, 0) is 38.9 Å². The number of benzene rings is 6. The molecule has 0 aromatic heterocycles. The summed E-state index contributed by atoms with van der Waals surface area (Å²) in [5.41, 5.74) is 3.32. The Hall–Kier alpha value is -9.73. The Morgan fingerprint density at radius 1 is 0.483 bits per heavy atom. The summed E-state index contributed by atoms with van der Waals surface area (Å²) in [6.07, 6.45) is -27.4. The van der Waals surface area contributed by atoms with Crippen molar-refractivity contribution in [2.45, 2.75) is 118 Å². The van der Waals surface area contributed by atoms with Crippen molar-refractivity contribution in [3.8, 4) is 11.5 Å². The lowest BCUT2D eigenvalue weighted by Gasteiger charge is -2.36. The van der Waals surface area contributed by atoms with Gasteiger partial charge in [-0.3, -0.25) is 4.79 Å². The van der Waals surface area contributed by atoms with Gasteiger partial charge in [-0.1, -0.05) is 103 Å². The number of carboxylic acids is 4. The highest BCUT2D eigenvalue weighted by Gasteiger charge is 2.54. The highest BCUT2D eigenvalue weighted by Crippen LogP contribution is 2.50. The highest BCUT2D eigenvalue weighted by atomic mass is 35.5. The number of rotatable bonds is 7. The minimum absolute atomic E-state index is 0.0177. The molecule has 17 nitrogen and oxygen atoms in total. The third-order valence-electron chi connectivity index (χ3n) is 16.8. The fourth-order valence-corrected chi connectivity index (χ4v) is 13.8. The first-order valence-corrected chi connectivity index (χ1v) is 35.8. The van der Waals surface area contributed by atoms with Crippen molar-refractivity contribution in [2.24, 2.45) is 5.73 Å². The SMILES string of the molecule is CC(C)(C)c1ccc2c(c1)C=C(C(=O)O)C(C(F)(F)F)S2.CCOC(=O)C1=Cc2cc(Cl)c(C)c(Cl)c2OC1C(F)(F)F.CN1c2ccc(Cl)cc2C=C(C(=O)O)C1C(F)(F)F.NC(=O)C1=Cc2cc(Cl)cc(Cl)c2O[C@@H]1C(F)(F)F.O=C(O)C1=Cc2cc(Cl)ccc2NC1C(F)(F)F.O=C(O)C1=Cc2cc(F)c(F)cc2NC1C(F)(F)F. The van der Waals surface area contributed by atoms with E-state index in [1.807, 2.05) is 26.1 Å². The molecule has 6 aromatic carbocycles. The number of carboxylic acid groups (broad SMARTS) is 4. The number of hydrogen-bond donors (Lipinski definition) is 7. The number of primary amides is 1. The van der Waals surface area contributed by atoms with E-state index < -0.39 is 153 Å². The van der Waals surface area contributed by atoms with Gasteiger partial charge in [0.05, 0.1) is 50.1 Å². The smallest absolute Gasteiger partial charge is 0.430 e. The zero-order chi connectivity index (χ0) is 89.3. The normalized spacial score (nSPS) is 18.4. The average molecular weight is 1830 g/mol. The number of hydrogen-bond acceptors (Lipinski definition) is 13. The molecule has 0 fully saturated rings. The van der Waals surface area contributed by atoms with Crippen molar-refractivity contribution in [3.63, 3.8) is 0 Å². The first kappa shape index (κ1) is 95.4. The van der Waals surface area contributed by atoms with Crippen LogP contribution in [0.1, 0.15) is 72.2 Å². The Balaban J connectivity index is 0.000000196. The van der Waals surface area contributed by atoms with Gasteiger partial charge in [0.25, 0.3) is 0 Å². The van der Waals surface area contributed by atoms with Gasteiger partial charge in [-0.25, -0.2) is 32.8 Å². The Kier molecular flexibility index (Phi) is 29.5. The number of aliphatic carboxylic acids is 4. The fraction of sp³-hybridized carbons (Fsp3) is 0.270. The summed E-state index contributed by atoms with van der Waals surface area (Å²) in [6.45, 7) is 8.97. The molecule has 8 N–H and O–H groups in total. The van der Waals surface area contributed by atoms with E-state index in [2.05, 4.69) is 10.1 Å². The van der Waals surface area contributed by atoms with Gasteiger partial charge in [0.15, 0.2) is 29.8 Å². The number of nitrogens with one attached hydrogen (secondary N) is 2. The molecule has 6 aromatic rings. The fourth-order valence-electron chi connectivity index (χ4n) is 11.3.